The topological polar surface area (TPSA) is 58.4 Å². The van der Waals surface area contributed by atoms with Crippen LogP contribution in [0.1, 0.15) is 50.1 Å². The third-order valence-corrected chi connectivity index (χ3v) is 5.97. The van der Waals surface area contributed by atoms with E-state index in [1.165, 1.54) is 25.7 Å². The first-order valence-corrected chi connectivity index (χ1v) is 9.46. The first-order chi connectivity index (χ1) is 11.7. The molecule has 0 radical (unpaired) electrons. The van der Waals surface area contributed by atoms with Gasteiger partial charge in [-0.3, -0.25) is 4.79 Å². The monoisotopic (exact) mass is 329 g/mol. The van der Waals surface area contributed by atoms with Gasteiger partial charge < -0.3 is 16.0 Å². The van der Waals surface area contributed by atoms with Crippen LogP contribution in [0.3, 0.4) is 0 Å². The molecule has 3 N–H and O–H groups in total. The van der Waals surface area contributed by atoms with Gasteiger partial charge in [-0.25, -0.2) is 0 Å². The molecule has 4 nitrogen and oxygen atoms in total. The van der Waals surface area contributed by atoms with Crippen LogP contribution < -0.4 is 11.1 Å². The summed E-state index contributed by atoms with van der Waals surface area (Å²) in [6.45, 7) is 2.25. The van der Waals surface area contributed by atoms with Gasteiger partial charge in [0.25, 0.3) is 0 Å². The number of piperidine rings is 1. The number of Topliss-reactive ketones (excluding diaryl/α,β-unsaturated/α-hetero) is 1. The molecule has 1 aromatic carbocycles. The van der Waals surface area contributed by atoms with Gasteiger partial charge in [-0.1, -0.05) is 43.2 Å². The number of nitrogens with two attached hydrogens (primary N) is 1. The van der Waals surface area contributed by atoms with Gasteiger partial charge in [-0.15, -0.1) is 0 Å². The van der Waals surface area contributed by atoms with E-state index in [0.29, 0.717) is 5.92 Å². The average Bonchev–Trinajstić information content (AvgIpc) is 3.17. The summed E-state index contributed by atoms with van der Waals surface area (Å²) >= 11 is 0. The van der Waals surface area contributed by atoms with Crippen LogP contribution in [0.15, 0.2) is 30.3 Å². The minimum Gasteiger partial charge on any atom is -0.318 e. The number of benzene rings is 1. The lowest BCUT2D eigenvalue weighted by molar-refractivity contribution is -0.124. The quantitative estimate of drug-likeness (QED) is 0.842. The zero-order valence-electron chi connectivity index (χ0n) is 14.8. The van der Waals surface area contributed by atoms with E-state index in [9.17, 15) is 4.79 Å². The van der Waals surface area contributed by atoms with Crippen LogP contribution in [0.5, 0.6) is 0 Å². The SMILES string of the molecule is CNC(C(=O)[C@H](N)c1ccccc1)C1CCN(C2CCCC2)CC1. The van der Waals surface area contributed by atoms with Gasteiger partial charge >= 0.3 is 0 Å². The van der Waals surface area contributed by atoms with Crippen molar-refractivity contribution in [3.63, 3.8) is 0 Å². The number of likely N-dealkylation sites (tertiary alicyclic amines) is 1. The fraction of sp³-hybridized carbons (Fsp3) is 0.650. The van der Waals surface area contributed by atoms with Crippen LogP contribution in [0, 0.1) is 5.92 Å². The predicted octanol–water partition coefficient (Wildman–Crippen LogP) is 2.50. The highest BCUT2D eigenvalue weighted by molar-refractivity contribution is 5.90. The van der Waals surface area contributed by atoms with Crippen LogP contribution >= 0.6 is 0 Å². The van der Waals surface area contributed by atoms with E-state index in [0.717, 1.165) is 37.5 Å². The van der Waals surface area contributed by atoms with E-state index in [4.69, 9.17) is 5.73 Å². The molecule has 1 unspecified atom stereocenters. The Hall–Kier alpha value is -1.23. The second-order valence-electron chi connectivity index (χ2n) is 7.37. The second kappa shape index (κ2) is 8.24. The number of rotatable bonds is 6. The molecular formula is C20H31N3O. The van der Waals surface area contributed by atoms with Gasteiger partial charge in [0, 0.05) is 6.04 Å². The van der Waals surface area contributed by atoms with Crippen molar-refractivity contribution in [1.82, 2.24) is 10.2 Å². The second-order valence-corrected chi connectivity index (χ2v) is 7.37. The summed E-state index contributed by atoms with van der Waals surface area (Å²) in [5.74, 6) is 0.526. The van der Waals surface area contributed by atoms with E-state index in [1.807, 2.05) is 37.4 Å². The Bertz CT molecular complexity index is 519. The van der Waals surface area contributed by atoms with Gasteiger partial charge in [-0.2, -0.15) is 0 Å². The van der Waals surface area contributed by atoms with Crippen LogP contribution in [-0.4, -0.2) is 42.9 Å². The number of likely N-dealkylation sites (N-methyl/N-ethyl adjacent to an activating group) is 1. The molecule has 24 heavy (non-hydrogen) atoms. The minimum absolute atomic E-state index is 0.128. The lowest BCUT2D eigenvalue weighted by Gasteiger charge is -2.39. The number of ketones is 1. The van der Waals surface area contributed by atoms with Crippen LogP contribution in [-0.2, 0) is 4.79 Å². The summed E-state index contributed by atoms with van der Waals surface area (Å²) in [7, 11) is 1.89. The van der Waals surface area contributed by atoms with E-state index in [2.05, 4.69) is 10.2 Å². The molecule has 1 saturated heterocycles. The third-order valence-electron chi connectivity index (χ3n) is 5.97. The maximum absolute atomic E-state index is 12.9. The summed E-state index contributed by atoms with van der Waals surface area (Å²) in [6, 6.07) is 9.85. The Kier molecular flexibility index (Phi) is 6.04. The van der Waals surface area contributed by atoms with Crippen molar-refractivity contribution in [3.05, 3.63) is 35.9 Å². The number of hydrogen-bond donors (Lipinski definition) is 2. The molecule has 0 amide bonds. The molecule has 1 saturated carbocycles. The Morgan fingerprint density at radius 1 is 1.12 bits per heavy atom. The highest BCUT2D eigenvalue weighted by Crippen LogP contribution is 2.30. The fourth-order valence-electron chi connectivity index (χ4n) is 4.52. The molecular weight excluding hydrogens is 298 g/mol. The van der Waals surface area contributed by atoms with E-state index in [1.54, 1.807) is 0 Å². The highest BCUT2D eigenvalue weighted by Gasteiger charge is 2.35. The molecule has 132 valence electrons. The van der Waals surface area contributed by atoms with Gasteiger partial charge in [-0.05, 0) is 57.3 Å². The highest BCUT2D eigenvalue weighted by atomic mass is 16.1. The number of carbonyl (C=O) groups is 1. The average molecular weight is 329 g/mol. The number of carbonyl (C=O) groups excluding carboxylic acids is 1. The third kappa shape index (κ3) is 3.88. The van der Waals surface area contributed by atoms with Crippen molar-refractivity contribution in [3.8, 4) is 0 Å². The molecule has 0 aromatic heterocycles. The summed E-state index contributed by atoms with van der Waals surface area (Å²) in [4.78, 5) is 15.6. The van der Waals surface area contributed by atoms with E-state index >= 15 is 0 Å². The Labute approximate surface area is 145 Å². The molecule has 1 aromatic rings. The van der Waals surface area contributed by atoms with Crippen molar-refractivity contribution in [2.75, 3.05) is 20.1 Å². The smallest absolute Gasteiger partial charge is 0.171 e. The number of hydrogen-bond acceptors (Lipinski definition) is 4. The van der Waals surface area contributed by atoms with E-state index in [-0.39, 0.29) is 11.8 Å². The maximum atomic E-state index is 12.9. The lowest BCUT2D eigenvalue weighted by atomic mass is 9.83. The van der Waals surface area contributed by atoms with Gasteiger partial charge in [0.1, 0.15) is 0 Å². The zero-order chi connectivity index (χ0) is 16.9. The lowest BCUT2D eigenvalue weighted by Crippen LogP contribution is -2.50. The Balaban J connectivity index is 1.59. The molecule has 1 aliphatic carbocycles. The van der Waals surface area contributed by atoms with Crippen molar-refractivity contribution in [2.24, 2.45) is 11.7 Å². The summed E-state index contributed by atoms with van der Waals surface area (Å²) in [5.41, 5.74) is 7.16. The van der Waals surface area contributed by atoms with Gasteiger partial charge in [0.15, 0.2) is 5.78 Å². The summed E-state index contributed by atoms with van der Waals surface area (Å²) in [6.07, 6.45) is 7.67. The first kappa shape index (κ1) is 17.6. The molecule has 2 fully saturated rings. The predicted molar refractivity (Wildman–Crippen MR) is 97.8 cm³/mol. The van der Waals surface area contributed by atoms with Crippen molar-refractivity contribution >= 4 is 5.78 Å². The normalized spacial score (nSPS) is 23.2. The largest absolute Gasteiger partial charge is 0.318 e. The van der Waals surface area contributed by atoms with Crippen LogP contribution in [0.4, 0.5) is 0 Å². The molecule has 0 bridgehead atoms. The molecule has 1 heterocycles. The van der Waals surface area contributed by atoms with Crippen LogP contribution in [0.2, 0.25) is 0 Å². The Morgan fingerprint density at radius 3 is 2.33 bits per heavy atom. The fourth-order valence-corrected chi connectivity index (χ4v) is 4.52. The molecule has 3 rings (SSSR count). The zero-order valence-corrected chi connectivity index (χ0v) is 14.8. The maximum Gasteiger partial charge on any atom is 0.171 e. The molecule has 4 heteroatoms. The minimum atomic E-state index is -0.531. The number of nitrogens with zero attached hydrogens (tertiary/aromatic N) is 1. The van der Waals surface area contributed by atoms with Gasteiger partial charge in [0.2, 0.25) is 0 Å². The summed E-state index contributed by atoms with van der Waals surface area (Å²) < 4.78 is 0. The van der Waals surface area contributed by atoms with Gasteiger partial charge in [0.05, 0.1) is 12.1 Å². The molecule has 2 atom stereocenters. The first-order valence-electron chi connectivity index (χ1n) is 9.46. The number of nitrogens with one attached hydrogen (secondary N) is 1. The van der Waals surface area contributed by atoms with Crippen LogP contribution in [0.25, 0.3) is 0 Å². The molecule has 0 spiro atoms. The summed E-state index contributed by atoms with van der Waals surface area (Å²) in [5, 5.41) is 3.26. The van der Waals surface area contributed by atoms with Crippen molar-refractivity contribution < 1.29 is 4.79 Å². The Morgan fingerprint density at radius 2 is 1.75 bits per heavy atom. The van der Waals surface area contributed by atoms with E-state index < -0.39 is 6.04 Å². The van der Waals surface area contributed by atoms with Crippen molar-refractivity contribution in [1.29, 1.82) is 0 Å². The molecule has 1 aliphatic heterocycles. The van der Waals surface area contributed by atoms with Crippen molar-refractivity contribution in [2.45, 2.75) is 56.7 Å². The standard InChI is InChI=1S/C20H31N3O/c1-22-19(20(24)18(21)15-7-3-2-4-8-15)16-11-13-23(14-12-16)17-9-5-6-10-17/h2-4,7-8,16-19,22H,5-6,9-14,21H2,1H3/t18-,19?/m1/s1. The molecule has 2 aliphatic rings.